The summed E-state index contributed by atoms with van der Waals surface area (Å²) in [5, 5.41) is 18.1. The minimum absolute atomic E-state index is 0.0603. The summed E-state index contributed by atoms with van der Waals surface area (Å²) in [6.07, 6.45) is 1.25. The van der Waals surface area contributed by atoms with E-state index in [1.807, 2.05) is 51.1 Å². The lowest BCUT2D eigenvalue weighted by molar-refractivity contribution is 0.0677. The number of sulfone groups is 1. The van der Waals surface area contributed by atoms with Crippen molar-refractivity contribution in [3.05, 3.63) is 64.3 Å². The van der Waals surface area contributed by atoms with E-state index in [0.717, 1.165) is 23.1 Å². The molecular weight excluding hydrogens is 466 g/mol. The van der Waals surface area contributed by atoms with Crippen LogP contribution < -0.4 is 4.74 Å². The van der Waals surface area contributed by atoms with Crippen LogP contribution in [0.3, 0.4) is 0 Å². The van der Waals surface area contributed by atoms with E-state index in [4.69, 9.17) is 4.74 Å². The molecule has 5 rings (SSSR count). The zero-order valence-electron chi connectivity index (χ0n) is 20.0. The van der Waals surface area contributed by atoms with Gasteiger partial charge in [-0.2, -0.15) is 5.10 Å². The first-order chi connectivity index (χ1) is 16.7. The summed E-state index contributed by atoms with van der Waals surface area (Å²) in [5.41, 5.74) is 4.73. The van der Waals surface area contributed by atoms with Gasteiger partial charge in [0, 0.05) is 17.2 Å². The van der Waals surface area contributed by atoms with Crippen LogP contribution >= 0.6 is 0 Å². The van der Waals surface area contributed by atoms with Gasteiger partial charge >= 0.3 is 0 Å². The van der Waals surface area contributed by atoms with E-state index in [0.29, 0.717) is 41.3 Å². The second-order valence-corrected chi connectivity index (χ2v) is 11.6. The van der Waals surface area contributed by atoms with Crippen molar-refractivity contribution in [3.8, 4) is 22.8 Å². The molecule has 3 heterocycles. The summed E-state index contributed by atoms with van der Waals surface area (Å²) in [4.78, 5) is 15.3. The molecule has 184 valence electrons. The molecule has 8 nitrogen and oxygen atoms in total. The Hall–Kier alpha value is -3.33. The molecule has 0 spiro atoms. The Labute approximate surface area is 204 Å². The molecule has 9 heteroatoms. The number of aromatic nitrogens is 2. The second-order valence-electron chi connectivity index (χ2n) is 9.41. The van der Waals surface area contributed by atoms with Gasteiger partial charge in [-0.1, -0.05) is 19.1 Å². The van der Waals surface area contributed by atoms with Gasteiger partial charge in [-0.3, -0.25) is 9.89 Å². The van der Waals surface area contributed by atoms with Crippen LogP contribution in [-0.2, 0) is 9.84 Å². The average Bonchev–Trinajstić information content (AvgIpc) is 3.48. The van der Waals surface area contributed by atoms with Crippen LogP contribution in [0.15, 0.2) is 36.4 Å². The smallest absolute Gasteiger partial charge is 0.273 e. The van der Waals surface area contributed by atoms with Gasteiger partial charge in [0.2, 0.25) is 0 Å². The molecule has 0 aliphatic carbocycles. The van der Waals surface area contributed by atoms with Crippen LogP contribution in [0, 0.1) is 13.8 Å². The predicted molar refractivity (Wildman–Crippen MR) is 132 cm³/mol. The maximum atomic E-state index is 13.7. The SMILES string of the molecule is CCCOc1cccc(C2c3c(-c4cc(C)c(C)cc4O)n[nH]c3C(=O)N2C2CCS(=O)(=O)C2)c1. The van der Waals surface area contributed by atoms with Crippen molar-refractivity contribution in [1.82, 2.24) is 15.1 Å². The number of carbonyl (C=O) groups excluding carboxylic acids is 1. The molecule has 1 fully saturated rings. The van der Waals surface area contributed by atoms with Crippen LogP contribution in [0.4, 0.5) is 0 Å². The largest absolute Gasteiger partial charge is 0.507 e. The van der Waals surface area contributed by atoms with Crippen LogP contribution in [0.2, 0.25) is 0 Å². The van der Waals surface area contributed by atoms with E-state index >= 15 is 0 Å². The zero-order chi connectivity index (χ0) is 24.9. The Morgan fingerprint density at radius 2 is 1.97 bits per heavy atom. The van der Waals surface area contributed by atoms with E-state index < -0.39 is 21.9 Å². The van der Waals surface area contributed by atoms with Gasteiger partial charge in [0.05, 0.1) is 24.2 Å². The predicted octanol–water partition coefficient (Wildman–Crippen LogP) is 3.92. The molecule has 3 aromatic rings. The lowest BCUT2D eigenvalue weighted by atomic mass is 9.93. The number of hydrogen-bond donors (Lipinski definition) is 2. The van der Waals surface area contributed by atoms with Gasteiger partial charge in [-0.05, 0) is 67.6 Å². The standard InChI is InChI=1S/C26H29N3O5S/c1-4-9-34-19-7-5-6-17(13-19)25-22-23(20-11-15(2)16(3)12-21(20)30)27-28-24(22)26(31)29(25)18-8-10-35(32,33)14-18/h5-7,11-13,18,25,30H,4,8-10,14H2,1-3H3,(H,27,28). The van der Waals surface area contributed by atoms with Crippen molar-refractivity contribution >= 4 is 15.7 Å². The Kier molecular flexibility index (Phi) is 5.83. The first kappa shape index (κ1) is 23.4. The first-order valence-corrected chi connectivity index (χ1v) is 13.7. The molecule has 0 bridgehead atoms. The third-order valence-electron chi connectivity index (χ3n) is 6.92. The minimum Gasteiger partial charge on any atom is -0.507 e. The normalized spacial score (nSPS) is 20.9. The van der Waals surface area contributed by atoms with E-state index in [2.05, 4.69) is 10.2 Å². The molecule has 2 unspecified atom stereocenters. The Morgan fingerprint density at radius 3 is 2.69 bits per heavy atom. The highest BCUT2D eigenvalue weighted by molar-refractivity contribution is 7.91. The van der Waals surface area contributed by atoms with Crippen LogP contribution in [0.1, 0.15) is 58.5 Å². The van der Waals surface area contributed by atoms with Gasteiger partial charge in [0.15, 0.2) is 9.84 Å². The van der Waals surface area contributed by atoms with Gasteiger partial charge in [-0.15, -0.1) is 0 Å². The molecule has 2 N–H and O–H groups in total. The number of aryl methyl sites for hydroxylation is 2. The average molecular weight is 496 g/mol. The van der Waals surface area contributed by atoms with Crippen molar-refractivity contribution in [2.45, 2.75) is 45.7 Å². The van der Waals surface area contributed by atoms with Gasteiger partial charge in [0.1, 0.15) is 22.9 Å². The van der Waals surface area contributed by atoms with E-state index in [9.17, 15) is 18.3 Å². The lowest BCUT2D eigenvalue weighted by Crippen LogP contribution is -2.40. The molecule has 2 aliphatic rings. The monoisotopic (exact) mass is 495 g/mol. The molecule has 2 aliphatic heterocycles. The number of ether oxygens (including phenoxy) is 1. The number of phenolic OH excluding ortho intramolecular Hbond substituents is 1. The van der Waals surface area contributed by atoms with E-state index in [1.54, 1.807) is 11.0 Å². The number of amides is 1. The van der Waals surface area contributed by atoms with Crippen LogP contribution in [0.5, 0.6) is 11.5 Å². The van der Waals surface area contributed by atoms with E-state index in [1.165, 1.54) is 0 Å². The number of nitrogens with one attached hydrogen (secondary N) is 1. The van der Waals surface area contributed by atoms with Crippen molar-refractivity contribution in [2.75, 3.05) is 18.1 Å². The number of hydrogen-bond acceptors (Lipinski definition) is 6. The summed E-state index contributed by atoms with van der Waals surface area (Å²) in [6.45, 7) is 6.47. The number of nitrogens with zero attached hydrogens (tertiary/aromatic N) is 2. The minimum atomic E-state index is -3.22. The number of benzene rings is 2. The fourth-order valence-corrected chi connectivity index (χ4v) is 6.77. The highest BCUT2D eigenvalue weighted by Crippen LogP contribution is 2.47. The third kappa shape index (κ3) is 4.07. The van der Waals surface area contributed by atoms with Crippen molar-refractivity contribution in [1.29, 1.82) is 0 Å². The van der Waals surface area contributed by atoms with Crippen molar-refractivity contribution in [3.63, 3.8) is 0 Å². The number of H-pyrrole nitrogens is 1. The molecule has 35 heavy (non-hydrogen) atoms. The summed E-state index contributed by atoms with van der Waals surface area (Å²) in [5.74, 6) is 0.474. The molecule has 2 atom stereocenters. The first-order valence-electron chi connectivity index (χ1n) is 11.8. The maximum absolute atomic E-state index is 13.7. The number of aromatic hydroxyl groups is 1. The van der Waals surface area contributed by atoms with Crippen LogP contribution in [-0.4, -0.2) is 58.7 Å². The van der Waals surface area contributed by atoms with Gasteiger partial charge in [-0.25, -0.2) is 8.42 Å². The lowest BCUT2D eigenvalue weighted by Gasteiger charge is -2.31. The summed E-state index contributed by atoms with van der Waals surface area (Å²) in [6, 6.07) is 10.1. The Balaban J connectivity index is 1.68. The molecule has 2 aromatic carbocycles. The number of phenols is 1. The topological polar surface area (TPSA) is 113 Å². The number of rotatable bonds is 6. The maximum Gasteiger partial charge on any atom is 0.273 e. The molecule has 0 saturated carbocycles. The molecule has 1 amide bonds. The molecule has 1 aromatic heterocycles. The summed E-state index contributed by atoms with van der Waals surface area (Å²) < 4.78 is 30.5. The third-order valence-corrected chi connectivity index (χ3v) is 8.67. The van der Waals surface area contributed by atoms with Crippen LogP contribution in [0.25, 0.3) is 11.3 Å². The van der Waals surface area contributed by atoms with Gasteiger partial charge in [0.25, 0.3) is 5.91 Å². The molecular formula is C26H29N3O5S. The van der Waals surface area contributed by atoms with Crippen molar-refractivity contribution in [2.24, 2.45) is 0 Å². The van der Waals surface area contributed by atoms with E-state index in [-0.39, 0.29) is 23.2 Å². The molecule has 1 saturated heterocycles. The van der Waals surface area contributed by atoms with Crippen molar-refractivity contribution < 1.29 is 23.1 Å². The fourth-order valence-electron chi connectivity index (χ4n) is 5.05. The number of fused-ring (bicyclic) bond motifs is 1. The summed E-state index contributed by atoms with van der Waals surface area (Å²) in [7, 11) is -3.22. The highest BCUT2D eigenvalue weighted by atomic mass is 32.2. The quantitative estimate of drug-likeness (QED) is 0.536. The number of aromatic amines is 1. The highest BCUT2D eigenvalue weighted by Gasteiger charge is 2.48. The number of carbonyl (C=O) groups is 1. The summed E-state index contributed by atoms with van der Waals surface area (Å²) >= 11 is 0. The zero-order valence-corrected chi connectivity index (χ0v) is 20.9. The fraction of sp³-hybridized carbons (Fsp3) is 0.385. The molecule has 0 radical (unpaired) electrons. The second kappa shape index (κ2) is 8.71. The Morgan fingerprint density at radius 1 is 1.20 bits per heavy atom. The van der Waals surface area contributed by atoms with Gasteiger partial charge < -0.3 is 14.7 Å². The Bertz CT molecular complexity index is 1410.